The second kappa shape index (κ2) is 10.4. The molecule has 172 valence electrons. The van der Waals surface area contributed by atoms with Crippen molar-refractivity contribution in [3.05, 3.63) is 117 Å². The van der Waals surface area contributed by atoms with Gasteiger partial charge in [-0.2, -0.15) is 0 Å². The first-order chi connectivity index (χ1) is 16.4. The van der Waals surface area contributed by atoms with Crippen LogP contribution in [-0.4, -0.2) is 17.9 Å². The van der Waals surface area contributed by atoms with Crippen LogP contribution < -0.4 is 10.9 Å². The Morgan fingerprint density at radius 2 is 1.68 bits per heavy atom. The van der Waals surface area contributed by atoms with E-state index in [-0.39, 0.29) is 18.9 Å². The summed E-state index contributed by atoms with van der Waals surface area (Å²) in [7, 11) is 0. The zero-order chi connectivity index (χ0) is 24.1. The Hall–Kier alpha value is -3.90. The number of nitrogens with one attached hydrogen (secondary N) is 1. The summed E-state index contributed by atoms with van der Waals surface area (Å²) in [6, 6.07) is 21.7. The lowest BCUT2D eigenvalue weighted by molar-refractivity contribution is -0.147. The third-order valence-corrected chi connectivity index (χ3v) is 5.80. The quantitative estimate of drug-likeness (QED) is 0.305. The van der Waals surface area contributed by atoms with Gasteiger partial charge in [-0.3, -0.25) is 4.79 Å². The Balaban J connectivity index is 1.56. The number of hydrogen-bond acceptors (Lipinski definition) is 5. The molecule has 0 radical (unpaired) electrons. The van der Waals surface area contributed by atoms with E-state index >= 15 is 0 Å². The molecule has 4 aromatic rings. The van der Waals surface area contributed by atoms with Crippen LogP contribution in [0.2, 0.25) is 5.02 Å². The Morgan fingerprint density at radius 3 is 2.38 bits per heavy atom. The standard InChI is InChI=1S/C27H22ClNO5/c1-17-12-24-21(15-22(17)28)20(14-25(30)34-24)16-33-27(32)23(13-18-8-4-2-5-9-18)29-26(31)19-10-6-3-7-11-19/h2-12,14-15,23H,13,16H2,1H3,(H,29,31). The maximum Gasteiger partial charge on any atom is 0.336 e. The van der Waals surface area contributed by atoms with E-state index in [0.717, 1.165) is 11.1 Å². The molecule has 34 heavy (non-hydrogen) atoms. The predicted molar refractivity (Wildman–Crippen MR) is 130 cm³/mol. The number of ether oxygens (including phenoxy) is 1. The van der Waals surface area contributed by atoms with Crippen LogP contribution in [0, 0.1) is 6.92 Å². The Labute approximate surface area is 201 Å². The van der Waals surface area contributed by atoms with Crippen molar-refractivity contribution in [1.29, 1.82) is 0 Å². The number of carbonyl (C=O) groups excluding carboxylic acids is 2. The number of halogens is 1. The molecule has 6 nitrogen and oxygen atoms in total. The average molecular weight is 476 g/mol. The highest BCUT2D eigenvalue weighted by Crippen LogP contribution is 2.25. The highest BCUT2D eigenvalue weighted by Gasteiger charge is 2.24. The van der Waals surface area contributed by atoms with E-state index in [1.165, 1.54) is 6.07 Å². The molecule has 1 N–H and O–H groups in total. The summed E-state index contributed by atoms with van der Waals surface area (Å²) in [5.74, 6) is -1.00. The van der Waals surface area contributed by atoms with Crippen LogP contribution in [0.5, 0.6) is 0 Å². The van der Waals surface area contributed by atoms with Crippen molar-refractivity contribution >= 4 is 34.4 Å². The van der Waals surface area contributed by atoms with Crippen molar-refractivity contribution in [3.8, 4) is 0 Å². The van der Waals surface area contributed by atoms with Crippen molar-refractivity contribution in [2.75, 3.05) is 0 Å². The van der Waals surface area contributed by atoms with Crippen LogP contribution in [0.3, 0.4) is 0 Å². The fourth-order valence-corrected chi connectivity index (χ4v) is 3.75. The fourth-order valence-electron chi connectivity index (χ4n) is 3.59. The van der Waals surface area contributed by atoms with E-state index in [2.05, 4.69) is 5.32 Å². The number of amides is 1. The minimum atomic E-state index is -0.924. The first-order valence-corrected chi connectivity index (χ1v) is 11.1. The molecule has 0 saturated carbocycles. The minimum absolute atomic E-state index is 0.174. The normalized spacial score (nSPS) is 11.7. The number of esters is 1. The molecule has 0 fully saturated rings. The molecule has 0 spiro atoms. The van der Waals surface area contributed by atoms with Crippen molar-refractivity contribution in [1.82, 2.24) is 5.32 Å². The number of carbonyl (C=O) groups is 2. The van der Waals surface area contributed by atoms with Gasteiger partial charge in [-0.25, -0.2) is 9.59 Å². The monoisotopic (exact) mass is 475 g/mol. The number of benzene rings is 3. The maximum atomic E-state index is 13.1. The SMILES string of the molecule is Cc1cc2oc(=O)cc(COC(=O)C(Cc3ccccc3)NC(=O)c3ccccc3)c2cc1Cl. The molecule has 7 heteroatoms. The van der Waals surface area contributed by atoms with Crippen LogP contribution in [-0.2, 0) is 22.6 Å². The highest BCUT2D eigenvalue weighted by molar-refractivity contribution is 6.32. The molecule has 1 unspecified atom stereocenters. The van der Waals surface area contributed by atoms with Crippen molar-refractivity contribution < 1.29 is 18.7 Å². The van der Waals surface area contributed by atoms with Crippen LogP contribution >= 0.6 is 11.6 Å². The van der Waals surface area contributed by atoms with E-state index in [9.17, 15) is 14.4 Å². The van der Waals surface area contributed by atoms with Crippen LogP contribution in [0.1, 0.15) is 27.0 Å². The second-order valence-corrected chi connectivity index (χ2v) is 8.28. The van der Waals surface area contributed by atoms with Crippen LogP contribution in [0.4, 0.5) is 0 Å². The van der Waals surface area contributed by atoms with E-state index in [1.54, 1.807) is 49.4 Å². The molecular formula is C27H22ClNO5. The van der Waals surface area contributed by atoms with Gasteiger partial charge in [-0.1, -0.05) is 60.1 Å². The van der Waals surface area contributed by atoms with Crippen molar-refractivity contribution in [2.45, 2.75) is 26.0 Å². The molecule has 1 aromatic heterocycles. The summed E-state index contributed by atoms with van der Waals surface area (Å²) in [6.45, 7) is 1.63. The second-order valence-electron chi connectivity index (χ2n) is 7.88. The van der Waals surface area contributed by atoms with Gasteiger partial charge < -0.3 is 14.5 Å². The molecule has 0 aliphatic heterocycles. The average Bonchev–Trinajstić information content (AvgIpc) is 2.84. The molecule has 1 atom stereocenters. The third-order valence-electron chi connectivity index (χ3n) is 5.39. The van der Waals surface area contributed by atoms with Gasteiger partial charge in [-0.05, 0) is 42.3 Å². The van der Waals surface area contributed by atoms with Gasteiger partial charge >= 0.3 is 11.6 Å². The Morgan fingerprint density at radius 1 is 1.00 bits per heavy atom. The summed E-state index contributed by atoms with van der Waals surface area (Å²) < 4.78 is 10.8. The molecule has 4 rings (SSSR count). The first-order valence-electron chi connectivity index (χ1n) is 10.7. The zero-order valence-corrected chi connectivity index (χ0v) is 19.2. The van der Waals surface area contributed by atoms with Crippen molar-refractivity contribution in [3.63, 3.8) is 0 Å². The summed E-state index contributed by atoms with van der Waals surface area (Å²) in [5.41, 5.74) is 2.33. The summed E-state index contributed by atoms with van der Waals surface area (Å²) >= 11 is 6.24. The summed E-state index contributed by atoms with van der Waals surface area (Å²) in [6.07, 6.45) is 0.251. The Kier molecular flexibility index (Phi) is 7.09. The molecule has 1 amide bonds. The molecule has 1 heterocycles. The maximum absolute atomic E-state index is 13.1. The van der Waals surface area contributed by atoms with Crippen molar-refractivity contribution in [2.24, 2.45) is 0 Å². The predicted octanol–water partition coefficient (Wildman–Crippen LogP) is 4.84. The lowest BCUT2D eigenvalue weighted by atomic mass is 10.1. The number of aryl methyl sites for hydroxylation is 1. The number of hydrogen-bond donors (Lipinski definition) is 1. The third kappa shape index (κ3) is 5.53. The lowest BCUT2D eigenvalue weighted by Crippen LogP contribution is -2.43. The van der Waals surface area contributed by atoms with Gasteiger partial charge in [0, 0.05) is 34.0 Å². The highest BCUT2D eigenvalue weighted by atomic mass is 35.5. The lowest BCUT2D eigenvalue weighted by Gasteiger charge is -2.18. The molecule has 0 aliphatic rings. The number of rotatable bonds is 7. The van der Waals surface area contributed by atoms with Gasteiger partial charge in [0.05, 0.1) is 0 Å². The smallest absolute Gasteiger partial charge is 0.336 e. The number of fused-ring (bicyclic) bond motifs is 1. The minimum Gasteiger partial charge on any atom is -0.459 e. The van der Waals surface area contributed by atoms with Crippen LogP contribution in [0.15, 0.2) is 88.1 Å². The van der Waals surface area contributed by atoms with Gasteiger partial charge in [0.1, 0.15) is 18.2 Å². The molecule has 0 saturated heterocycles. The van der Waals surface area contributed by atoms with E-state index in [4.69, 9.17) is 20.8 Å². The van der Waals surface area contributed by atoms with E-state index in [0.29, 0.717) is 27.1 Å². The molecular weight excluding hydrogens is 454 g/mol. The van der Waals surface area contributed by atoms with Gasteiger partial charge in [0.25, 0.3) is 5.91 Å². The van der Waals surface area contributed by atoms with E-state index < -0.39 is 17.6 Å². The zero-order valence-electron chi connectivity index (χ0n) is 18.4. The Bertz CT molecular complexity index is 1380. The molecule has 3 aromatic carbocycles. The summed E-state index contributed by atoms with van der Waals surface area (Å²) in [4.78, 5) is 37.8. The van der Waals surface area contributed by atoms with Gasteiger partial charge in [0.15, 0.2) is 0 Å². The fraction of sp³-hybridized carbons (Fsp3) is 0.148. The molecule has 0 aliphatic carbocycles. The van der Waals surface area contributed by atoms with Gasteiger partial charge in [0.2, 0.25) is 0 Å². The molecule has 0 bridgehead atoms. The van der Waals surface area contributed by atoms with Gasteiger partial charge in [-0.15, -0.1) is 0 Å². The first kappa shape index (κ1) is 23.3. The largest absolute Gasteiger partial charge is 0.459 e. The van der Waals surface area contributed by atoms with E-state index in [1.807, 2.05) is 30.3 Å². The summed E-state index contributed by atoms with van der Waals surface area (Å²) in [5, 5.41) is 3.85. The topological polar surface area (TPSA) is 85.6 Å². The van der Waals surface area contributed by atoms with Crippen LogP contribution in [0.25, 0.3) is 11.0 Å².